The number of carboxylic acid groups (broad SMARTS) is 1. The molecule has 0 unspecified atom stereocenters. The van der Waals surface area contributed by atoms with E-state index in [1.54, 1.807) is 0 Å². The van der Waals surface area contributed by atoms with Crippen molar-refractivity contribution in [2.45, 2.75) is 13.0 Å². The number of carbonyl (C=O) groups is 1. The predicted octanol–water partition coefficient (Wildman–Crippen LogP) is 1.64. The van der Waals surface area contributed by atoms with Crippen LogP contribution in [0.15, 0.2) is 18.2 Å². The van der Waals surface area contributed by atoms with Crippen LogP contribution in [0.4, 0.5) is 18.9 Å². The van der Waals surface area contributed by atoms with Crippen molar-refractivity contribution in [2.75, 3.05) is 10.5 Å². The molecule has 0 amide bonds. The second-order valence-electron chi connectivity index (χ2n) is 3.59. The molecule has 6 nitrogen and oxygen atoms in total. The molecule has 1 rings (SSSR count). The molecule has 10 heteroatoms. The number of rotatable bonds is 7. The maximum Gasteiger partial charge on any atom is 0.387 e. The lowest BCUT2D eigenvalue weighted by Crippen LogP contribution is -2.19. The van der Waals surface area contributed by atoms with E-state index < -0.39 is 46.3 Å². The van der Waals surface area contributed by atoms with E-state index >= 15 is 0 Å². The number of hydrogen-bond acceptors (Lipinski definition) is 4. The van der Waals surface area contributed by atoms with Crippen LogP contribution in [0.3, 0.4) is 0 Å². The summed E-state index contributed by atoms with van der Waals surface area (Å²) in [6.07, 6.45) is -0.621. The van der Waals surface area contributed by atoms with E-state index in [0.717, 1.165) is 12.1 Å². The maximum absolute atomic E-state index is 13.3. The Morgan fingerprint density at radius 1 is 1.40 bits per heavy atom. The van der Waals surface area contributed by atoms with Crippen LogP contribution in [0.1, 0.15) is 6.42 Å². The standard InChI is InChI=1S/C10H10F3NO5S/c11-7-5-6(1-2-8(7)19-10(12)13)14-20(17,18)4-3-9(15)16/h1-2,5,10,14H,3-4H2,(H,15,16). The summed E-state index contributed by atoms with van der Waals surface area (Å²) in [6, 6.07) is 2.49. The minimum atomic E-state index is -3.97. The number of ether oxygens (including phenoxy) is 1. The van der Waals surface area contributed by atoms with E-state index in [1.807, 2.05) is 4.72 Å². The molecule has 0 bridgehead atoms. The third-order valence-corrected chi connectivity index (χ3v) is 3.29. The SMILES string of the molecule is O=C(O)CCS(=O)(=O)Nc1ccc(OC(F)F)c(F)c1. The van der Waals surface area contributed by atoms with Crippen LogP contribution in [0.2, 0.25) is 0 Å². The zero-order valence-electron chi connectivity index (χ0n) is 9.85. The minimum Gasteiger partial charge on any atom is -0.481 e. The van der Waals surface area contributed by atoms with Crippen molar-refractivity contribution < 1.29 is 36.2 Å². The molecule has 0 saturated carbocycles. The van der Waals surface area contributed by atoms with Crippen LogP contribution in [-0.4, -0.2) is 31.9 Å². The second kappa shape index (κ2) is 6.46. The third kappa shape index (κ3) is 5.34. The van der Waals surface area contributed by atoms with Gasteiger partial charge in [-0.2, -0.15) is 8.78 Å². The average Bonchev–Trinajstić information content (AvgIpc) is 2.29. The van der Waals surface area contributed by atoms with E-state index in [1.165, 1.54) is 0 Å². The minimum absolute atomic E-state index is 0.227. The summed E-state index contributed by atoms with van der Waals surface area (Å²) in [6.45, 7) is -3.21. The number of anilines is 1. The topological polar surface area (TPSA) is 92.7 Å². The summed E-state index contributed by atoms with van der Waals surface area (Å²) < 4.78 is 65.7. The van der Waals surface area contributed by atoms with E-state index in [-0.39, 0.29) is 5.69 Å². The van der Waals surface area contributed by atoms with Crippen molar-refractivity contribution in [1.82, 2.24) is 0 Å². The van der Waals surface area contributed by atoms with Gasteiger partial charge >= 0.3 is 12.6 Å². The van der Waals surface area contributed by atoms with Gasteiger partial charge in [-0.1, -0.05) is 0 Å². The first-order valence-electron chi connectivity index (χ1n) is 5.16. The smallest absolute Gasteiger partial charge is 0.387 e. The van der Waals surface area contributed by atoms with E-state index in [4.69, 9.17) is 5.11 Å². The third-order valence-electron chi connectivity index (χ3n) is 2.01. The number of hydrogen-bond donors (Lipinski definition) is 2. The highest BCUT2D eigenvalue weighted by molar-refractivity contribution is 7.92. The van der Waals surface area contributed by atoms with Crippen molar-refractivity contribution in [3.8, 4) is 5.75 Å². The molecule has 0 saturated heterocycles. The van der Waals surface area contributed by atoms with Gasteiger partial charge in [-0.25, -0.2) is 12.8 Å². The number of aliphatic carboxylic acids is 1. The Morgan fingerprint density at radius 3 is 2.55 bits per heavy atom. The molecule has 0 aliphatic heterocycles. The normalized spacial score (nSPS) is 11.4. The first-order valence-corrected chi connectivity index (χ1v) is 6.81. The molecule has 0 aromatic heterocycles. The van der Waals surface area contributed by atoms with Gasteiger partial charge in [0.05, 0.1) is 17.9 Å². The lowest BCUT2D eigenvalue weighted by atomic mass is 10.3. The average molecular weight is 313 g/mol. The summed E-state index contributed by atoms with van der Waals surface area (Å²) >= 11 is 0. The van der Waals surface area contributed by atoms with Gasteiger partial charge in [0.25, 0.3) is 0 Å². The highest BCUT2D eigenvalue weighted by Gasteiger charge is 2.15. The van der Waals surface area contributed by atoms with Gasteiger partial charge in [-0.3, -0.25) is 9.52 Å². The van der Waals surface area contributed by atoms with Crippen molar-refractivity contribution in [2.24, 2.45) is 0 Å². The second-order valence-corrected chi connectivity index (χ2v) is 5.43. The summed E-state index contributed by atoms with van der Waals surface area (Å²) in [7, 11) is -3.97. The van der Waals surface area contributed by atoms with Gasteiger partial charge in [-0.15, -0.1) is 0 Å². The fourth-order valence-electron chi connectivity index (χ4n) is 1.21. The molecule has 0 spiro atoms. The summed E-state index contributed by atoms with van der Waals surface area (Å²) in [5.41, 5.74) is -0.227. The number of halogens is 3. The fraction of sp³-hybridized carbons (Fsp3) is 0.300. The quantitative estimate of drug-likeness (QED) is 0.798. The lowest BCUT2D eigenvalue weighted by molar-refractivity contribution is -0.136. The van der Waals surface area contributed by atoms with Crippen molar-refractivity contribution in [1.29, 1.82) is 0 Å². The highest BCUT2D eigenvalue weighted by Crippen LogP contribution is 2.23. The Balaban J connectivity index is 2.78. The number of carboxylic acids is 1. The summed E-state index contributed by atoms with van der Waals surface area (Å²) in [5.74, 6) is -3.90. The summed E-state index contributed by atoms with van der Waals surface area (Å²) in [5, 5.41) is 8.37. The zero-order chi connectivity index (χ0) is 15.3. The fourth-order valence-corrected chi connectivity index (χ4v) is 2.24. The molecule has 0 fully saturated rings. The number of alkyl halides is 2. The Morgan fingerprint density at radius 2 is 2.05 bits per heavy atom. The van der Waals surface area contributed by atoms with Crippen molar-refractivity contribution in [3.05, 3.63) is 24.0 Å². The largest absolute Gasteiger partial charge is 0.481 e. The first kappa shape index (κ1) is 16.1. The van der Waals surface area contributed by atoms with Gasteiger partial charge in [0, 0.05) is 6.07 Å². The molecule has 0 aliphatic rings. The van der Waals surface area contributed by atoms with Gasteiger partial charge in [0.15, 0.2) is 11.6 Å². The van der Waals surface area contributed by atoms with Crippen molar-refractivity contribution in [3.63, 3.8) is 0 Å². The van der Waals surface area contributed by atoms with Crippen LogP contribution in [-0.2, 0) is 14.8 Å². The van der Waals surface area contributed by atoms with Gasteiger partial charge in [-0.05, 0) is 12.1 Å². The van der Waals surface area contributed by atoms with Gasteiger partial charge in [0.1, 0.15) is 0 Å². The molecule has 0 aliphatic carbocycles. The molecule has 20 heavy (non-hydrogen) atoms. The Hall–Kier alpha value is -1.97. The van der Waals surface area contributed by atoms with E-state index in [2.05, 4.69) is 4.74 Å². The van der Waals surface area contributed by atoms with E-state index in [9.17, 15) is 26.4 Å². The molecular formula is C10H10F3NO5S. The van der Waals surface area contributed by atoms with Crippen molar-refractivity contribution >= 4 is 21.7 Å². The first-order chi connectivity index (χ1) is 9.19. The molecule has 0 heterocycles. The number of benzene rings is 1. The monoisotopic (exact) mass is 313 g/mol. The molecule has 2 N–H and O–H groups in total. The van der Waals surface area contributed by atoms with Gasteiger partial charge in [0.2, 0.25) is 10.0 Å². The van der Waals surface area contributed by atoms with Crippen LogP contribution >= 0.6 is 0 Å². The Bertz CT molecular complexity index is 591. The van der Waals surface area contributed by atoms with Crippen LogP contribution in [0.25, 0.3) is 0 Å². The zero-order valence-corrected chi connectivity index (χ0v) is 10.7. The summed E-state index contributed by atoms with van der Waals surface area (Å²) in [4.78, 5) is 10.3. The number of sulfonamides is 1. The molecule has 1 aromatic carbocycles. The maximum atomic E-state index is 13.3. The molecule has 112 valence electrons. The molecule has 0 radical (unpaired) electrons. The Labute approximate surface area is 112 Å². The van der Waals surface area contributed by atoms with Crippen LogP contribution in [0.5, 0.6) is 5.75 Å². The van der Waals surface area contributed by atoms with Crippen LogP contribution in [0, 0.1) is 5.82 Å². The predicted molar refractivity (Wildman–Crippen MR) is 62.7 cm³/mol. The van der Waals surface area contributed by atoms with Crippen LogP contribution < -0.4 is 9.46 Å². The highest BCUT2D eigenvalue weighted by atomic mass is 32.2. The molecule has 1 aromatic rings. The molecular weight excluding hydrogens is 303 g/mol. The number of nitrogens with one attached hydrogen (secondary N) is 1. The van der Waals surface area contributed by atoms with Gasteiger partial charge < -0.3 is 9.84 Å². The lowest BCUT2D eigenvalue weighted by Gasteiger charge is -2.09. The van der Waals surface area contributed by atoms with E-state index in [0.29, 0.717) is 6.07 Å². The Kier molecular flexibility index (Phi) is 5.19. The molecule has 0 atom stereocenters.